The van der Waals surface area contributed by atoms with Gasteiger partial charge in [0.2, 0.25) is 0 Å². The number of anilines is 1. The molecule has 0 aliphatic rings. The highest BCUT2D eigenvalue weighted by molar-refractivity contribution is 9.11. The van der Waals surface area contributed by atoms with Crippen LogP contribution in [0.25, 0.3) is 11.1 Å². The van der Waals surface area contributed by atoms with Gasteiger partial charge in [-0.25, -0.2) is 0 Å². The van der Waals surface area contributed by atoms with Crippen LogP contribution in [0.4, 0.5) is 5.69 Å². The highest BCUT2D eigenvalue weighted by Crippen LogP contribution is 2.34. The second-order valence-electron chi connectivity index (χ2n) is 8.86. The van der Waals surface area contributed by atoms with E-state index >= 15 is 0 Å². The first-order chi connectivity index (χ1) is 16.5. The lowest BCUT2D eigenvalue weighted by Gasteiger charge is -2.25. The molecule has 184 valence electrons. The Hall–Kier alpha value is -2.64. The van der Waals surface area contributed by atoms with Gasteiger partial charge < -0.3 is 15.0 Å². The van der Waals surface area contributed by atoms with E-state index in [2.05, 4.69) is 37.2 Å². The van der Waals surface area contributed by atoms with Gasteiger partial charge in [-0.05, 0) is 103 Å². The lowest BCUT2D eigenvalue weighted by Crippen LogP contribution is -2.38. The molecule has 0 spiro atoms. The molecule has 1 N–H and O–H groups in total. The number of halogens is 2. The highest BCUT2D eigenvalue weighted by atomic mass is 79.9. The zero-order chi connectivity index (χ0) is 25.9. The molecule has 1 atom stereocenters. The van der Waals surface area contributed by atoms with Gasteiger partial charge in [-0.15, -0.1) is 0 Å². The fourth-order valence-corrected chi connectivity index (χ4v) is 4.73. The largest absolute Gasteiger partial charge is 0.491 e. The lowest BCUT2D eigenvalue weighted by molar-refractivity contribution is -0.143. The van der Waals surface area contributed by atoms with Crippen LogP contribution in [-0.2, 0) is 9.59 Å². The summed E-state index contributed by atoms with van der Waals surface area (Å²) in [6.45, 7) is 9.78. The van der Waals surface area contributed by atoms with Gasteiger partial charge in [0.1, 0.15) is 5.75 Å². The van der Waals surface area contributed by atoms with E-state index in [1.54, 1.807) is 7.05 Å². The van der Waals surface area contributed by atoms with Crippen molar-refractivity contribution in [2.45, 2.75) is 46.8 Å². The molecule has 3 aromatic carbocycles. The average Bonchev–Trinajstić information content (AvgIpc) is 2.84. The highest BCUT2D eigenvalue weighted by Gasteiger charge is 2.25. The number of hydrogen-bond acceptors (Lipinski definition) is 3. The minimum atomic E-state index is -0.682. The van der Waals surface area contributed by atoms with Crippen molar-refractivity contribution in [3.63, 3.8) is 0 Å². The fourth-order valence-electron chi connectivity index (χ4n) is 3.74. The summed E-state index contributed by atoms with van der Waals surface area (Å²) in [7, 11) is 1.64. The van der Waals surface area contributed by atoms with Crippen LogP contribution in [0.2, 0.25) is 0 Å². The SMILES string of the molecule is Cc1cc(NC(=O)C(=O)N(C)C(C)c2cccc(-c3ccc(OC(C)C)cc3)c2)c(Br)c(C)c1Br. The van der Waals surface area contributed by atoms with Crippen LogP contribution in [0, 0.1) is 13.8 Å². The maximum absolute atomic E-state index is 13.0. The van der Waals surface area contributed by atoms with Gasteiger partial charge >= 0.3 is 11.8 Å². The predicted octanol–water partition coefficient (Wildman–Crippen LogP) is 7.44. The summed E-state index contributed by atoms with van der Waals surface area (Å²) < 4.78 is 7.43. The van der Waals surface area contributed by atoms with E-state index in [-0.39, 0.29) is 12.1 Å². The molecule has 0 saturated heterocycles. The second-order valence-corrected chi connectivity index (χ2v) is 10.4. The van der Waals surface area contributed by atoms with Crippen molar-refractivity contribution < 1.29 is 14.3 Å². The number of carbonyl (C=O) groups is 2. The van der Waals surface area contributed by atoms with Crippen LogP contribution in [0.3, 0.4) is 0 Å². The van der Waals surface area contributed by atoms with E-state index in [9.17, 15) is 9.59 Å². The van der Waals surface area contributed by atoms with Crippen LogP contribution >= 0.6 is 31.9 Å². The number of benzene rings is 3. The number of hydrogen-bond donors (Lipinski definition) is 1. The van der Waals surface area contributed by atoms with Crippen LogP contribution < -0.4 is 10.1 Å². The number of nitrogens with one attached hydrogen (secondary N) is 1. The van der Waals surface area contributed by atoms with E-state index in [0.29, 0.717) is 5.69 Å². The number of ether oxygens (including phenoxy) is 1. The van der Waals surface area contributed by atoms with E-state index in [1.165, 1.54) is 4.90 Å². The van der Waals surface area contributed by atoms with Crippen LogP contribution in [0.15, 0.2) is 63.5 Å². The number of aryl methyl sites for hydroxylation is 1. The first-order valence-electron chi connectivity index (χ1n) is 11.4. The smallest absolute Gasteiger partial charge is 0.313 e. The summed E-state index contributed by atoms with van der Waals surface area (Å²) in [5.41, 5.74) is 5.50. The summed E-state index contributed by atoms with van der Waals surface area (Å²) in [5, 5.41) is 2.75. The van der Waals surface area contributed by atoms with Crippen molar-refractivity contribution in [1.82, 2.24) is 4.90 Å². The molecule has 0 fully saturated rings. The number of nitrogens with zero attached hydrogens (tertiary/aromatic N) is 1. The lowest BCUT2D eigenvalue weighted by atomic mass is 9.99. The molecule has 0 aliphatic carbocycles. The quantitative estimate of drug-likeness (QED) is 0.299. The Morgan fingerprint density at radius 2 is 1.57 bits per heavy atom. The van der Waals surface area contributed by atoms with Gasteiger partial charge in [0.15, 0.2) is 0 Å². The molecule has 1 unspecified atom stereocenters. The van der Waals surface area contributed by atoms with Crippen LogP contribution in [0.1, 0.15) is 43.5 Å². The molecule has 2 amide bonds. The molecule has 5 nitrogen and oxygen atoms in total. The molecule has 0 saturated carbocycles. The minimum absolute atomic E-state index is 0.119. The first kappa shape index (κ1) is 27.0. The number of amides is 2. The van der Waals surface area contributed by atoms with Crippen molar-refractivity contribution in [3.05, 3.63) is 80.2 Å². The van der Waals surface area contributed by atoms with Gasteiger partial charge in [0.05, 0.1) is 17.8 Å². The zero-order valence-electron chi connectivity index (χ0n) is 20.8. The third kappa shape index (κ3) is 6.33. The van der Waals surface area contributed by atoms with Crippen molar-refractivity contribution >= 4 is 49.4 Å². The molecule has 0 radical (unpaired) electrons. The maximum atomic E-state index is 13.0. The Balaban J connectivity index is 1.75. The number of rotatable bonds is 6. The first-order valence-corrected chi connectivity index (χ1v) is 13.0. The zero-order valence-corrected chi connectivity index (χ0v) is 24.0. The predicted molar refractivity (Wildman–Crippen MR) is 149 cm³/mol. The molecule has 0 aliphatic heterocycles. The summed E-state index contributed by atoms with van der Waals surface area (Å²) in [6, 6.07) is 17.5. The van der Waals surface area contributed by atoms with Crippen molar-refractivity contribution in [1.29, 1.82) is 0 Å². The number of carbonyl (C=O) groups excluding carboxylic acids is 2. The Morgan fingerprint density at radius 1 is 0.914 bits per heavy atom. The Morgan fingerprint density at radius 3 is 2.20 bits per heavy atom. The van der Waals surface area contributed by atoms with E-state index in [4.69, 9.17) is 4.74 Å². The molecular weight excluding hydrogens is 572 g/mol. The Kier molecular flexibility index (Phi) is 8.78. The summed E-state index contributed by atoms with van der Waals surface area (Å²) in [6.07, 6.45) is 0.119. The van der Waals surface area contributed by atoms with E-state index in [0.717, 1.165) is 42.5 Å². The Labute approximate surface area is 224 Å². The normalized spacial score (nSPS) is 11.8. The molecule has 35 heavy (non-hydrogen) atoms. The van der Waals surface area contributed by atoms with Crippen molar-refractivity contribution in [2.75, 3.05) is 12.4 Å². The van der Waals surface area contributed by atoms with Crippen LogP contribution in [0.5, 0.6) is 5.75 Å². The van der Waals surface area contributed by atoms with Gasteiger partial charge in [0, 0.05) is 16.0 Å². The summed E-state index contributed by atoms with van der Waals surface area (Å²) in [5.74, 6) is -0.464. The van der Waals surface area contributed by atoms with Gasteiger partial charge in [-0.2, -0.15) is 0 Å². The second kappa shape index (κ2) is 11.4. The topological polar surface area (TPSA) is 58.6 Å². The molecule has 0 aromatic heterocycles. The van der Waals surface area contributed by atoms with Gasteiger partial charge in [-0.3, -0.25) is 9.59 Å². The maximum Gasteiger partial charge on any atom is 0.313 e. The molecule has 7 heteroatoms. The minimum Gasteiger partial charge on any atom is -0.491 e. The molecule has 0 bridgehead atoms. The Bertz CT molecular complexity index is 1240. The number of likely N-dealkylation sites (N-methyl/N-ethyl adjacent to an activating group) is 1. The fraction of sp³-hybridized carbons (Fsp3) is 0.286. The van der Waals surface area contributed by atoms with Crippen LogP contribution in [-0.4, -0.2) is 29.9 Å². The molecule has 3 aromatic rings. The third-order valence-electron chi connectivity index (χ3n) is 5.87. The van der Waals surface area contributed by atoms with Gasteiger partial charge in [-0.1, -0.05) is 46.3 Å². The monoisotopic (exact) mass is 600 g/mol. The van der Waals surface area contributed by atoms with Crippen molar-refractivity contribution in [2.24, 2.45) is 0 Å². The molecule has 0 heterocycles. The van der Waals surface area contributed by atoms with E-state index in [1.807, 2.05) is 89.2 Å². The van der Waals surface area contributed by atoms with E-state index < -0.39 is 11.8 Å². The average molecular weight is 602 g/mol. The third-order valence-corrected chi connectivity index (χ3v) is 8.12. The summed E-state index contributed by atoms with van der Waals surface area (Å²) in [4.78, 5) is 27.2. The molecular formula is C28H30Br2N2O3. The van der Waals surface area contributed by atoms with Crippen molar-refractivity contribution in [3.8, 4) is 16.9 Å². The standard InChI is InChI=1S/C28H30Br2N2O3/c1-16(2)35-23-12-10-20(11-13-23)22-9-7-8-21(15-22)19(5)32(6)28(34)27(33)31-24-14-17(3)25(29)18(4)26(24)30/h7-16,19H,1-6H3,(H,31,33). The van der Waals surface area contributed by atoms with Gasteiger partial charge in [0.25, 0.3) is 0 Å². The molecule has 3 rings (SSSR count). The summed E-state index contributed by atoms with van der Waals surface area (Å²) >= 11 is 7.05.